The predicted molar refractivity (Wildman–Crippen MR) is 93.0 cm³/mol. The van der Waals surface area contributed by atoms with Gasteiger partial charge in [0.05, 0.1) is 6.61 Å². The van der Waals surface area contributed by atoms with Crippen molar-refractivity contribution < 1.29 is 14.3 Å². The van der Waals surface area contributed by atoms with Crippen molar-refractivity contribution in [1.29, 1.82) is 0 Å². The molecule has 0 saturated heterocycles. The van der Waals surface area contributed by atoms with Crippen LogP contribution in [0.15, 0.2) is 18.2 Å². The zero-order valence-electron chi connectivity index (χ0n) is 14.8. The molecular formula is C19H29NO3. The van der Waals surface area contributed by atoms with Crippen molar-refractivity contribution in [3.63, 3.8) is 0 Å². The van der Waals surface area contributed by atoms with E-state index in [2.05, 4.69) is 19.2 Å². The third-order valence-corrected chi connectivity index (χ3v) is 4.47. The summed E-state index contributed by atoms with van der Waals surface area (Å²) in [6.45, 7) is 6.94. The molecule has 1 aliphatic rings. The van der Waals surface area contributed by atoms with Crippen LogP contribution in [0.1, 0.15) is 51.5 Å². The summed E-state index contributed by atoms with van der Waals surface area (Å²) in [6, 6.07) is 5.78. The molecule has 0 atom stereocenters. The fraction of sp³-hybridized carbons (Fsp3) is 0.632. The van der Waals surface area contributed by atoms with Crippen LogP contribution in [0.4, 0.5) is 5.69 Å². The second-order valence-electron chi connectivity index (χ2n) is 6.90. The van der Waals surface area contributed by atoms with Gasteiger partial charge in [-0.25, -0.2) is 0 Å². The van der Waals surface area contributed by atoms with Crippen molar-refractivity contribution >= 4 is 11.6 Å². The monoisotopic (exact) mass is 319 g/mol. The molecule has 0 aliphatic heterocycles. The van der Waals surface area contributed by atoms with Gasteiger partial charge in [0.2, 0.25) is 0 Å². The van der Waals surface area contributed by atoms with Crippen molar-refractivity contribution in [2.75, 3.05) is 19.0 Å². The van der Waals surface area contributed by atoms with E-state index in [1.807, 2.05) is 25.1 Å². The van der Waals surface area contributed by atoms with E-state index in [4.69, 9.17) is 9.47 Å². The predicted octanol–water partition coefficient (Wildman–Crippen LogP) is 4.32. The molecule has 0 radical (unpaired) electrons. The number of nitrogens with one attached hydrogen (secondary N) is 1. The molecule has 1 aromatic rings. The van der Waals surface area contributed by atoms with Gasteiger partial charge in [-0.05, 0) is 49.4 Å². The third kappa shape index (κ3) is 4.47. The molecule has 0 unspecified atom stereocenters. The van der Waals surface area contributed by atoms with Crippen LogP contribution in [0.5, 0.6) is 5.75 Å². The first-order valence-electron chi connectivity index (χ1n) is 8.57. The first-order valence-corrected chi connectivity index (χ1v) is 8.57. The molecule has 0 spiro atoms. The first-order chi connectivity index (χ1) is 11.0. The van der Waals surface area contributed by atoms with Crippen LogP contribution in [-0.2, 0) is 9.53 Å². The van der Waals surface area contributed by atoms with Crippen LogP contribution >= 0.6 is 0 Å². The summed E-state index contributed by atoms with van der Waals surface area (Å²) in [5, 5.41) is 3.02. The van der Waals surface area contributed by atoms with E-state index in [9.17, 15) is 4.79 Å². The zero-order chi connectivity index (χ0) is 16.9. The number of anilines is 1. The molecule has 2 rings (SSSR count). The van der Waals surface area contributed by atoms with Crippen LogP contribution in [-0.4, -0.2) is 25.2 Å². The Labute approximate surface area is 139 Å². The Morgan fingerprint density at radius 3 is 2.52 bits per heavy atom. The number of benzene rings is 1. The van der Waals surface area contributed by atoms with E-state index in [0.29, 0.717) is 12.5 Å². The van der Waals surface area contributed by atoms with E-state index in [0.717, 1.165) is 42.7 Å². The maximum atomic E-state index is 12.7. The number of methoxy groups -OCH3 is 1. The van der Waals surface area contributed by atoms with Gasteiger partial charge in [0.15, 0.2) is 0 Å². The molecule has 1 aliphatic carbocycles. The lowest BCUT2D eigenvalue weighted by Gasteiger charge is -2.34. The quantitative estimate of drug-likeness (QED) is 0.849. The molecule has 1 aromatic carbocycles. The van der Waals surface area contributed by atoms with Crippen LogP contribution in [0.2, 0.25) is 0 Å². The van der Waals surface area contributed by atoms with Crippen molar-refractivity contribution in [2.24, 2.45) is 5.92 Å². The molecule has 4 heteroatoms. The van der Waals surface area contributed by atoms with Gasteiger partial charge in [-0.15, -0.1) is 0 Å². The molecule has 1 N–H and O–H groups in total. The van der Waals surface area contributed by atoms with Crippen molar-refractivity contribution in [3.05, 3.63) is 23.8 Å². The van der Waals surface area contributed by atoms with Gasteiger partial charge in [-0.1, -0.05) is 33.1 Å². The highest BCUT2D eigenvalue weighted by Crippen LogP contribution is 2.32. The van der Waals surface area contributed by atoms with E-state index >= 15 is 0 Å². The fourth-order valence-corrected chi connectivity index (χ4v) is 3.04. The van der Waals surface area contributed by atoms with Gasteiger partial charge in [-0.3, -0.25) is 4.79 Å². The molecule has 4 nitrogen and oxygen atoms in total. The Kier molecular flexibility index (Phi) is 6.05. The lowest BCUT2D eigenvalue weighted by atomic mass is 9.84. The highest BCUT2D eigenvalue weighted by atomic mass is 16.5. The Morgan fingerprint density at radius 1 is 1.26 bits per heavy atom. The van der Waals surface area contributed by atoms with Crippen LogP contribution < -0.4 is 10.1 Å². The van der Waals surface area contributed by atoms with Crippen LogP contribution in [0.3, 0.4) is 0 Å². The highest BCUT2D eigenvalue weighted by molar-refractivity contribution is 5.97. The topological polar surface area (TPSA) is 47.6 Å². The van der Waals surface area contributed by atoms with Crippen molar-refractivity contribution in [1.82, 2.24) is 0 Å². The minimum Gasteiger partial charge on any atom is -0.493 e. The molecule has 0 aromatic heterocycles. The van der Waals surface area contributed by atoms with Gasteiger partial charge < -0.3 is 14.8 Å². The normalized spacial score (nSPS) is 17.1. The van der Waals surface area contributed by atoms with Gasteiger partial charge in [0.25, 0.3) is 5.91 Å². The van der Waals surface area contributed by atoms with Crippen molar-refractivity contribution in [3.8, 4) is 5.75 Å². The lowest BCUT2D eigenvalue weighted by Crippen LogP contribution is -2.46. The Hall–Kier alpha value is -1.55. The zero-order valence-corrected chi connectivity index (χ0v) is 14.8. The maximum Gasteiger partial charge on any atom is 0.256 e. The smallest absolute Gasteiger partial charge is 0.256 e. The third-order valence-electron chi connectivity index (χ3n) is 4.47. The summed E-state index contributed by atoms with van der Waals surface area (Å²) >= 11 is 0. The number of carbonyl (C=O) groups excluding carboxylic acids is 1. The molecular weight excluding hydrogens is 290 g/mol. The minimum absolute atomic E-state index is 0.0325. The van der Waals surface area contributed by atoms with E-state index in [-0.39, 0.29) is 5.91 Å². The van der Waals surface area contributed by atoms with Crippen LogP contribution in [0, 0.1) is 12.8 Å². The van der Waals surface area contributed by atoms with E-state index in [1.165, 1.54) is 6.42 Å². The average Bonchev–Trinajstić information content (AvgIpc) is 2.54. The van der Waals surface area contributed by atoms with Crippen LogP contribution in [0.25, 0.3) is 0 Å². The molecule has 1 fully saturated rings. The molecule has 1 amide bonds. The van der Waals surface area contributed by atoms with Gasteiger partial charge in [0.1, 0.15) is 11.4 Å². The molecule has 0 bridgehead atoms. The summed E-state index contributed by atoms with van der Waals surface area (Å²) in [5.41, 5.74) is 1.16. The summed E-state index contributed by atoms with van der Waals surface area (Å²) < 4.78 is 11.4. The lowest BCUT2D eigenvalue weighted by molar-refractivity contribution is -0.141. The SMILES string of the molecule is COC1(C(=O)Nc2ccc(OCC(C)C)c(C)c2)CCCCC1. The highest BCUT2D eigenvalue weighted by Gasteiger charge is 2.39. The molecule has 23 heavy (non-hydrogen) atoms. The number of ether oxygens (including phenoxy) is 2. The Bertz CT molecular complexity index is 533. The summed E-state index contributed by atoms with van der Waals surface area (Å²) in [4.78, 5) is 12.7. The first kappa shape index (κ1) is 17.8. The fourth-order valence-electron chi connectivity index (χ4n) is 3.04. The second kappa shape index (κ2) is 7.82. The second-order valence-corrected chi connectivity index (χ2v) is 6.90. The van der Waals surface area contributed by atoms with Gasteiger partial charge in [-0.2, -0.15) is 0 Å². The van der Waals surface area contributed by atoms with Gasteiger partial charge in [0, 0.05) is 12.8 Å². The summed E-state index contributed by atoms with van der Waals surface area (Å²) in [7, 11) is 1.64. The summed E-state index contributed by atoms with van der Waals surface area (Å²) in [5.74, 6) is 1.33. The average molecular weight is 319 g/mol. The Balaban J connectivity index is 2.04. The number of rotatable bonds is 6. The standard InChI is InChI=1S/C19H29NO3/c1-14(2)13-23-17-9-8-16(12-15(17)3)20-18(21)19(22-4)10-6-5-7-11-19/h8-9,12,14H,5-7,10-11,13H2,1-4H3,(H,20,21). The van der Waals surface area contributed by atoms with E-state index < -0.39 is 5.60 Å². The minimum atomic E-state index is -0.668. The number of amides is 1. The number of hydrogen-bond acceptors (Lipinski definition) is 3. The maximum absolute atomic E-state index is 12.7. The van der Waals surface area contributed by atoms with E-state index in [1.54, 1.807) is 7.11 Å². The Morgan fingerprint density at radius 2 is 1.96 bits per heavy atom. The molecule has 0 heterocycles. The largest absolute Gasteiger partial charge is 0.493 e. The van der Waals surface area contributed by atoms with Gasteiger partial charge >= 0.3 is 0 Å². The number of hydrogen-bond donors (Lipinski definition) is 1. The molecule has 1 saturated carbocycles. The van der Waals surface area contributed by atoms with Crippen molar-refractivity contribution in [2.45, 2.75) is 58.5 Å². The molecule has 128 valence electrons. The number of aryl methyl sites for hydroxylation is 1. The number of carbonyl (C=O) groups is 1. The summed E-state index contributed by atoms with van der Waals surface area (Å²) in [6.07, 6.45) is 4.86.